The van der Waals surface area contributed by atoms with Gasteiger partial charge in [-0.1, -0.05) is 18.5 Å². The zero-order chi connectivity index (χ0) is 14.5. The number of halogens is 1. The largest absolute Gasteiger partial charge is 0.484 e. The Bertz CT molecular complexity index is 558. The average molecular weight is 291 g/mol. The summed E-state index contributed by atoms with van der Waals surface area (Å²) in [6, 6.07) is 9.42. The lowest BCUT2D eigenvalue weighted by molar-refractivity contribution is 0.180. The molecule has 106 valence electrons. The van der Waals surface area contributed by atoms with Crippen molar-refractivity contribution < 1.29 is 4.74 Å². The van der Waals surface area contributed by atoms with Gasteiger partial charge in [-0.05, 0) is 54.8 Å². The van der Waals surface area contributed by atoms with Crippen LogP contribution in [-0.2, 0) is 6.42 Å². The second-order valence-electron chi connectivity index (χ2n) is 4.78. The molecule has 0 amide bonds. The highest BCUT2D eigenvalue weighted by Gasteiger charge is 2.18. The maximum atomic E-state index is 6.12. The maximum absolute atomic E-state index is 6.12. The highest BCUT2D eigenvalue weighted by atomic mass is 35.5. The lowest BCUT2D eigenvalue weighted by atomic mass is 10.1. The lowest BCUT2D eigenvalue weighted by Crippen LogP contribution is -2.29. The molecule has 0 radical (unpaired) electrons. The highest BCUT2D eigenvalue weighted by Crippen LogP contribution is 2.27. The van der Waals surface area contributed by atoms with E-state index in [4.69, 9.17) is 22.1 Å². The molecule has 4 heteroatoms. The van der Waals surface area contributed by atoms with E-state index >= 15 is 0 Å². The van der Waals surface area contributed by atoms with Gasteiger partial charge in [-0.2, -0.15) is 0 Å². The summed E-state index contributed by atoms with van der Waals surface area (Å²) in [5.74, 6) is 0.783. The Morgan fingerprint density at radius 2 is 1.95 bits per heavy atom. The molecule has 0 aliphatic heterocycles. The highest BCUT2D eigenvalue weighted by molar-refractivity contribution is 6.31. The molecular weight excluding hydrogens is 272 g/mol. The van der Waals surface area contributed by atoms with Crippen LogP contribution in [-0.4, -0.2) is 11.0 Å². The van der Waals surface area contributed by atoms with Crippen molar-refractivity contribution >= 4 is 11.6 Å². The lowest BCUT2D eigenvalue weighted by Gasteiger charge is -2.23. The zero-order valence-electron chi connectivity index (χ0n) is 11.7. The van der Waals surface area contributed by atoms with Crippen LogP contribution in [0.3, 0.4) is 0 Å². The molecule has 0 saturated carbocycles. The molecule has 0 bridgehead atoms. The molecule has 2 N–H and O–H groups in total. The predicted octanol–water partition coefficient (Wildman–Crippen LogP) is 3.76. The number of hydrogen-bond donors (Lipinski definition) is 1. The Morgan fingerprint density at radius 3 is 2.55 bits per heavy atom. The second-order valence-corrected chi connectivity index (χ2v) is 5.19. The number of aryl methyl sites for hydroxylation is 1. The van der Waals surface area contributed by atoms with Gasteiger partial charge in [0.2, 0.25) is 0 Å². The monoisotopic (exact) mass is 290 g/mol. The SMILES string of the molecule is CCc1cc(OC(c2ccncc2)C(C)N)ccc1Cl. The number of aromatic nitrogens is 1. The first kappa shape index (κ1) is 14.8. The number of benzene rings is 1. The van der Waals surface area contributed by atoms with Gasteiger partial charge in [0.05, 0.1) is 0 Å². The Morgan fingerprint density at radius 1 is 1.25 bits per heavy atom. The van der Waals surface area contributed by atoms with E-state index in [9.17, 15) is 0 Å². The summed E-state index contributed by atoms with van der Waals surface area (Å²) < 4.78 is 6.05. The normalized spacial score (nSPS) is 13.8. The minimum Gasteiger partial charge on any atom is -0.484 e. The Kier molecular flexibility index (Phi) is 4.99. The van der Waals surface area contributed by atoms with Gasteiger partial charge in [0.25, 0.3) is 0 Å². The van der Waals surface area contributed by atoms with Crippen molar-refractivity contribution in [2.75, 3.05) is 0 Å². The molecule has 0 fully saturated rings. The Balaban J connectivity index is 2.25. The summed E-state index contributed by atoms with van der Waals surface area (Å²) in [6.45, 7) is 4.00. The van der Waals surface area contributed by atoms with Crippen LogP contribution >= 0.6 is 11.6 Å². The van der Waals surface area contributed by atoms with Crippen LogP contribution in [0.5, 0.6) is 5.75 Å². The first-order valence-corrected chi connectivity index (χ1v) is 7.10. The van der Waals surface area contributed by atoms with Gasteiger partial charge < -0.3 is 10.5 Å². The first-order chi connectivity index (χ1) is 9.61. The van der Waals surface area contributed by atoms with Crippen LogP contribution in [0.1, 0.15) is 31.1 Å². The topological polar surface area (TPSA) is 48.1 Å². The van der Waals surface area contributed by atoms with E-state index in [-0.39, 0.29) is 12.1 Å². The molecular formula is C16H19ClN2O. The minimum absolute atomic E-state index is 0.127. The van der Waals surface area contributed by atoms with E-state index < -0.39 is 0 Å². The molecule has 3 nitrogen and oxygen atoms in total. The number of pyridine rings is 1. The number of hydrogen-bond acceptors (Lipinski definition) is 3. The van der Waals surface area contributed by atoms with Gasteiger partial charge in [-0.15, -0.1) is 0 Å². The third-order valence-electron chi connectivity index (χ3n) is 3.17. The van der Waals surface area contributed by atoms with Crippen molar-refractivity contribution in [2.45, 2.75) is 32.4 Å². The van der Waals surface area contributed by atoms with Crippen LogP contribution in [0, 0.1) is 0 Å². The fourth-order valence-corrected chi connectivity index (χ4v) is 2.33. The van der Waals surface area contributed by atoms with Crippen molar-refractivity contribution in [1.29, 1.82) is 0 Å². The van der Waals surface area contributed by atoms with Crippen LogP contribution < -0.4 is 10.5 Å². The van der Waals surface area contributed by atoms with Crippen molar-refractivity contribution in [3.8, 4) is 5.75 Å². The third kappa shape index (κ3) is 3.50. The van der Waals surface area contributed by atoms with E-state index in [1.807, 2.05) is 37.3 Å². The van der Waals surface area contributed by atoms with Gasteiger partial charge in [0.15, 0.2) is 0 Å². The summed E-state index contributed by atoms with van der Waals surface area (Å²) in [7, 11) is 0. The van der Waals surface area contributed by atoms with E-state index in [1.54, 1.807) is 12.4 Å². The Labute approximate surface area is 124 Å². The van der Waals surface area contributed by atoms with Gasteiger partial charge in [-0.3, -0.25) is 4.98 Å². The van der Waals surface area contributed by atoms with E-state index in [2.05, 4.69) is 11.9 Å². The molecule has 0 aliphatic rings. The minimum atomic E-state index is -0.205. The number of ether oxygens (including phenoxy) is 1. The first-order valence-electron chi connectivity index (χ1n) is 6.72. The summed E-state index contributed by atoms with van der Waals surface area (Å²) in [6.07, 6.45) is 4.15. The molecule has 2 atom stereocenters. The third-order valence-corrected chi connectivity index (χ3v) is 3.54. The van der Waals surface area contributed by atoms with Crippen LogP contribution in [0.15, 0.2) is 42.7 Å². The molecule has 1 aromatic carbocycles. The predicted molar refractivity (Wildman–Crippen MR) is 82.1 cm³/mol. The molecule has 2 rings (SSSR count). The Hall–Kier alpha value is -1.58. The summed E-state index contributed by atoms with van der Waals surface area (Å²) in [5.41, 5.74) is 8.13. The van der Waals surface area contributed by atoms with Gasteiger partial charge in [-0.25, -0.2) is 0 Å². The summed E-state index contributed by atoms with van der Waals surface area (Å²) in [5, 5.41) is 0.765. The van der Waals surface area contributed by atoms with E-state index in [1.165, 1.54) is 0 Å². The fraction of sp³-hybridized carbons (Fsp3) is 0.312. The molecule has 2 aromatic rings. The van der Waals surface area contributed by atoms with E-state index in [0.717, 1.165) is 28.3 Å². The van der Waals surface area contributed by atoms with Gasteiger partial charge in [0, 0.05) is 23.5 Å². The molecule has 1 aromatic heterocycles. The van der Waals surface area contributed by atoms with Crippen molar-refractivity contribution in [2.24, 2.45) is 5.73 Å². The molecule has 2 unspecified atom stereocenters. The van der Waals surface area contributed by atoms with Gasteiger partial charge >= 0.3 is 0 Å². The van der Waals surface area contributed by atoms with Gasteiger partial charge in [0.1, 0.15) is 11.9 Å². The molecule has 0 spiro atoms. The second kappa shape index (κ2) is 6.73. The number of rotatable bonds is 5. The molecule has 0 saturated heterocycles. The smallest absolute Gasteiger partial charge is 0.139 e. The number of nitrogens with zero attached hydrogens (tertiary/aromatic N) is 1. The van der Waals surface area contributed by atoms with Crippen molar-refractivity contribution in [3.05, 3.63) is 58.9 Å². The summed E-state index contributed by atoms with van der Waals surface area (Å²) in [4.78, 5) is 4.02. The fourth-order valence-electron chi connectivity index (χ4n) is 2.07. The van der Waals surface area contributed by atoms with Crippen LogP contribution in [0.2, 0.25) is 5.02 Å². The summed E-state index contributed by atoms with van der Waals surface area (Å²) >= 11 is 6.12. The average Bonchev–Trinajstić information content (AvgIpc) is 2.47. The van der Waals surface area contributed by atoms with Crippen molar-refractivity contribution in [3.63, 3.8) is 0 Å². The van der Waals surface area contributed by atoms with Crippen LogP contribution in [0.4, 0.5) is 0 Å². The standard InChI is InChI=1S/C16H19ClN2O/c1-3-12-10-14(4-5-15(12)17)20-16(11(2)18)13-6-8-19-9-7-13/h4-11,16H,3,18H2,1-2H3. The number of nitrogens with two attached hydrogens (primary N) is 1. The molecule has 20 heavy (non-hydrogen) atoms. The quantitative estimate of drug-likeness (QED) is 0.912. The van der Waals surface area contributed by atoms with E-state index in [0.29, 0.717) is 0 Å². The zero-order valence-corrected chi connectivity index (χ0v) is 12.5. The molecule has 0 aliphatic carbocycles. The molecule has 1 heterocycles. The van der Waals surface area contributed by atoms with Crippen LogP contribution in [0.25, 0.3) is 0 Å². The maximum Gasteiger partial charge on any atom is 0.139 e. The van der Waals surface area contributed by atoms with Crippen molar-refractivity contribution in [1.82, 2.24) is 4.98 Å².